The standard InChI is InChI=1S/C13H15F2N3O2/c1-8(9-4-10(14)6-11(15)5-9)17-13(20)18-3-2-16-12(19)7-18/h4-6,8H,2-3,7H2,1H3,(H,16,19)(H,17,20). The van der Waals surface area contributed by atoms with Gasteiger partial charge in [-0.3, -0.25) is 4.79 Å². The van der Waals surface area contributed by atoms with Gasteiger partial charge in [0.25, 0.3) is 0 Å². The molecule has 1 heterocycles. The second kappa shape index (κ2) is 5.85. The molecule has 0 aromatic heterocycles. The maximum absolute atomic E-state index is 13.1. The van der Waals surface area contributed by atoms with Gasteiger partial charge in [-0.25, -0.2) is 13.6 Å². The number of hydrogen-bond donors (Lipinski definition) is 2. The molecule has 1 aromatic carbocycles. The third-order valence-corrected chi connectivity index (χ3v) is 3.05. The van der Waals surface area contributed by atoms with Gasteiger partial charge >= 0.3 is 6.03 Å². The fraction of sp³-hybridized carbons (Fsp3) is 0.385. The van der Waals surface area contributed by atoms with Gasteiger partial charge < -0.3 is 15.5 Å². The molecule has 2 rings (SSSR count). The van der Waals surface area contributed by atoms with Crippen molar-refractivity contribution in [1.82, 2.24) is 15.5 Å². The van der Waals surface area contributed by atoms with E-state index in [1.807, 2.05) is 0 Å². The van der Waals surface area contributed by atoms with E-state index in [2.05, 4.69) is 10.6 Å². The summed E-state index contributed by atoms with van der Waals surface area (Å²) >= 11 is 0. The van der Waals surface area contributed by atoms with Crippen molar-refractivity contribution in [3.05, 3.63) is 35.4 Å². The quantitative estimate of drug-likeness (QED) is 0.856. The van der Waals surface area contributed by atoms with Gasteiger partial charge in [0.1, 0.15) is 18.2 Å². The van der Waals surface area contributed by atoms with Gasteiger partial charge in [-0.1, -0.05) is 0 Å². The van der Waals surface area contributed by atoms with Crippen LogP contribution in [0.4, 0.5) is 13.6 Å². The van der Waals surface area contributed by atoms with E-state index in [4.69, 9.17) is 0 Å². The average molecular weight is 283 g/mol. The molecule has 0 spiro atoms. The zero-order valence-electron chi connectivity index (χ0n) is 11.0. The zero-order chi connectivity index (χ0) is 14.7. The highest BCUT2D eigenvalue weighted by atomic mass is 19.1. The Labute approximate surface area is 114 Å². The van der Waals surface area contributed by atoms with Crippen LogP contribution in [0.15, 0.2) is 18.2 Å². The molecule has 0 aliphatic carbocycles. The topological polar surface area (TPSA) is 61.4 Å². The van der Waals surface area contributed by atoms with Gasteiger partial charge in [0.15, 0.2) is 0 Å². The highest BCUT2D eigenvalue weighted by Crippen LogP contribution is 2.16. The number of rotatable bonds is 2. The zero-order valence-corrected chi connectivity index (χ0v) is 11.0. The molecule has 3 amide bonds. The van der Waals surface area contributed by atoms with Crippen LogP contribution >= 0.6 is 0 Å². The number of benzene rings is 1. The van der Waals surface area contributed by atoms with Gasteiger partial charge in [0.2, 0.25) is 5.91 Å². The Morgan fingerprint density at radius 3 is 2.60 bits per heavy atom. The smallest absolute Gasteiger partial charge is 0.318 e. The first-order valence-electron chi connectivity index (χ1n) is 6.24. The molecule has 2 N–H and O–H groups in total. The molecular formula is C13H15F2N3O2. The van der Waals surface area contributed by atoms with E-state index >= 15 is 0 Å². The number of nitrogens with one attached hydrogen (secondary N) is 2. The summed E-state index contributed by atoms with van der Waals surface area (Å²) in [7, 11) is 0. The minimum Gasteiger partial charge on any atom is -0.353 e. The summed E-state index contributed by atoms with van der Waals surface area (Å²) in [6.45, 7) is 2.41. The van der Waals surface area contributed by atoms with Crippen LogP contribution < -0.4 is 10.6 Å². The molecule has 1 saturated heterocycles. The Balaban J connectivity index is 2.01. The molecule has 1 aliphatic heterocycles. The van der Waals surface area contributed by atoms with Gasteiger partial charge in [0.05, 0.1) is 6.04 Å². The van der Waals surface area contributed by atoms with E-state index in [9.17, 15) is 18.4 Å². The van der Waals surface area contributed by atoms with E-state index < -0.39 is 23.7 Å². The Morgan fingerprint density at radius 1 is 1.35 bits per heavy atom. The molecule has 0 radical (unpaired) electrons. The fourth-order valence-electron chi connectivity index (χ4n) is 2.00. The van der Waals surface area contributed by atoms with Crippen LogP contribution in [0.5, 0.6) is 0 Å². The summed E-state index contributed by atoms with van der Waals surface area (Å²) in [4.78, 5) is 24.5. The van der Waals surface area contributed by atoms with Crippen LogP contribution in [-0.4, -0.2) is 36.5 Å². The lowest BCUT2D eigenvalue weighted by Gasteiger charge is -2.28. The molecule has 1 atom stereocenters. The Morgan fingerprint density at radius 2 is 2.00 bits per heavy atom. The van der Waals surface area contributed by atoms with Crippen molar-refractivity contribution in [1.29, 1.82) is 0 Å². The maximum Gasteiger partial charge on any atom is 0.318 e. The van der Waals surface area contributed by atoms with Gasteiger partial charge in [-0.05, 0) is 24.6 Å². The van der Waals surface area contributed by atoms with E-state index in [1.165, 1.54) is 4.90 Å². The summed E-state index contributed by atoms with van der Waals surface area (Å²) in [5.41, 5.74) is 0.331. The molecule has 108 valence electrons. The number of hydrogen-bond acceptors (Lipinski definition) is 2. The van der Waals surface area contributed by atoms with Gasteiger partial charge in [-0.2, -0.15) is 0 Å². The van der Waals surface area contributed by atoms with E-state index in [1.54, 1.807) is 6.92 Å². The van der Waals surface area contributed by atoms with Crippen molar-refractivity contribution >= 4 is 11.9 Å². The molecule has 0 bridgehead atoms. The number of piperazine rings is 1. The molecule has 20 heavy (non-hydrogen) atoms. The number of carbonyl (C=O) groups excluding carboxylic acids is 2. The highest BCUT2D eigenvalue weighted by molar-refractivity contribution is 5.85. The van der Waals surface area contributed by atoms with Gasteiger partial charge in [0, 0.05) is 19.2 Å². The summed E-state index contributed by atoms with van der Waals surface area (Å²) in [6, 6.07) is 2.11. The predicted molar refractivity (Wildman–Crippen MR) is 67.9 cm³/mol. The van der Waals surface area contributed by atoms with Crippen molar-refractivity contribution < 1.29 is 18.4 Å². The Kier molecular flexibility index (Phi) is 4.16. The predicted octanol–water partition coefficient (Wildman–Crippen LogP) is 1.17. The minimum absolute atomic E-state index is 0.0178. The lowest BCUT2D eigenvalue weighted by atomic mass is 10.1. The number of nitrogens with zero attached hydrogens (tertiary/aromatic N) is 1. The van der Waals surface area contributed by atoms with E-state index in [-0.39, 0.29) is 12.5 Å². The van der Waals surface area contributed by atoms with Crippen LogP contribution in [0, 0.1) is 11.6 Å². The highest BCUT2D eigenvalue weighted by Gasteiger charge is 2.22. The minimum atomic E-state index is -0.696. The molecular weight excluding hydrogens is 268 g/mol. The third-order valence-electron chi connectivity index (χ3n) is 3.05. The third kappa shape index (κ3) is 3.43. The SMILES string of the molecule is CC(NC(=O)N1CCNC(=O)C1)c1cc(F)cc(F)c1. The van der Waals surface area contributed by atoms with E-state index in [0.29, 0.717) is 18.7 Å². The Bertz CT molecular complexity index is 516. The molecule has 5 nitrogen and oxygen atoms in total. The van der Waals surface area contributed by atoms with Crippen LogP contribution in [0.3, 0.4) is 0 Å². The second-order valence-electron chi connectivity index (χ2n) is 4.65. The second-order valence-corrected chi connectivity index (χ2v) is 4.65. The van der Waals surface area contributed by atoms with Crippen LogP contribution in [0.1, 0.15) is 18.5 Å². The number of halogens is 2. The molecule has 1 aliphatic rings. The molecule has 7 heteroatoms. The largest absolute Gasteiger partial charge is 0.353 e. The Hall–Kier alpha value is -2.18. The monoisotopic (exact) mass is 283 g/mol. The van der Waals surface area contributed by atoms with Crippen LogP contribution in [0.2, 0.25) is 0 Å². The molecule has 0 saturated carbocycles. The van der Waals surface area contributed by atoms with Crippen molar-refractivity contribution in [2.45, 2.75) is 13.0 Å². The normalized spacial score (nSPS) is 16.6. The number of carbonyl (C=O) groups is 2. The van der Waals surface area contributed by atoms with Crippen LogP contribution in [-0.2, 0) is 4.79 Å². The fourth-order valence-corrected chi connectivity index (χ4v) is 2.00. The summed E-state index contributed by atoms with van der Waals surface area (Å²) in [5, 5.41) is 5.22. The summed E-state index contributed by atoms with van der Waals surface area (Å²) in [5.74, 6) is -1.62. The summed E-state index contributed by atoms with van der Waals surface area (Å²) in [6.07, 6.45) is 0. The molecule has 1 unspecified atom stereocenters. The molecule has 1 aromatic rings. The molecule has 1 fully saturated rings. The van der Waals surface area contributed by atoms with Crippen molar-refractivity contribution in [2.24, 2.45) is 0 Å². The first-order valence-corrected chi connectivity index (χ1v) is 6.24. The average Bonchev–Trinajstić information content (AvgIpc) is 2.37. The first kappa shape index (κ1) is 14.2. The maximum atomic E-state index is 13.1. The summed E-state index contributed by atoms with van der Waals surface area (Å²) < 4.78 is 26.2. The number of urea groups is 1. The van der Waals surface area contributed by atoms with E-state index in [0.717, 1.165) is 18.2 Å². The lowest BCUT2D eigenvalue weighted by Crippen LogP contribution is -2.53. The van der Waals surface area contributed by atoms with Crippen molar-refractivity contribution in [3.63, 3.8) is 0 Å². The van der Waals surface area contributed by atoms with Gasteiger partial charge in [-0.15, -0.1) is 0 Å². The lowest BCUT2D eigenvalue weighted by molar-refractivity contribution is -0.123. The number of amides is 3. The first-order chi connectivity index (χ1) is 9.45. The van der Waals surface area contributed by atoms with Crippen LogP contribution in [0.25, 0.3) is 0 Å². The van der Waals surface area contributed by atoms with Crippen molar-refractivity contribution in [2.75, 3.05) is 19.6 Å². The van der Waals surface area contributed by atoms with Crippen molar-refractivity contribution in [3.8, 4) is 0 Å².